The molecule has 2 aromatic carbocycles. The van der Waals surface area contributed by atoms with Crippen LogP contribution in [0, 0.1) is 18.6 Å². The first kappa shape index (κ1) is 15.7. The summed E-state index contributed by atoms with van der Waals surface area (Å²) in [4.78, 5) is 0. The Bertz CT molecular complexity index is 664. The van der Waals surface area contributed by atoms with Crippen LogP contribution in [0.3, 0.4) is 0 Å². The highest BCUT2D eigenvalue weighted by Crippen LogP contribution is 2.34. The van der Waals surface area contributed by atoms with Crippen LogP contribution in [0.5, 0.6) is 5.75 Å². The van der Waals surface area contributed by atoms with Gasteiger partial charge in [0.15, 0.2) is 0 Å². The summed E-state index contributed by atoms with van der Waals surface area (Å²) < 4.78 is 33.6. The fourth-order valence-corrected chi connectivity index (χ4v) is 2.38. The Kier molecular flexibility index (Phi) is 4.77. The Morgan fingerprint density at radius 3 is 2.57 bits per heavy atom. The van der Waals surface area contributed by atoms with E-state index in [9.17, 15) is 8.78 Å². The second-order valence-corrected chi connectivity index (χ2v) is 5.01. The largest absolute Gasteiger partial charge is 0.496 e. The average Bonchev–Trinajstić information content (AvgIpc) is 2.47. The zero-order chi connectivity index (χ0) is 15.6. The number of halogens is 3. The molecule has 112 valence electrons. The lowest BCUT2D eigenvalue weighted by atomic mass is 9.95. The highest BCUT2D eigenvalue weighted by Gasteiger charge is 2.25. The van der Waals surface area contributed by atoms with E-state index < -0.39 is 17.7 Å². The van der Waals surface area contributed by atoms with Crippen molar-refractivity contribution in [3.8, 4) is 5.75 Å². The van der Waals surface area contributed by atoms with E-state index in [2.05, 4.69) is 5.43 Å². The number of aryl methyl sites for hydroxylation is 1. The first-order valence-corrected chi connectivity index (χ1v) is 6.61. The van der Waals surface area contributed by atoms with Crippen LogP contribution in [0.1, 0.15) is 22.7 Å². The molecule has 3 nitrogen and oxygen atoms in total. The van der Waals surface area contributed by atoms with Crippen LogP contribution in [0.4, 0.5) is 8.78 Å². The molecular formula is C15H15ClF2N2O. The van der Waals surface area contributed by atoms with E-state index in [0.717, 1.165) is 0 Å². The van der Waals surface area contributed by atoms with Crippen LogP contribution in [-0.4, -0.2) is 7.11 Å². The standard InChI is InChI=1S/C15H15ClF2N2O/c1-8-3-5-11(17)13(14(8)18)15(20-19)10-7-9(16)4-6-12(10)21-2/h3-7,15,20H,19H2,1-2H3. The van der Waals surface area contributed by atoms with E-state index in [0.29, 0.717) is 21.9 Å². The van der Waals surface area contributed by atoms with Gasteiger partial charge in [0.25, 0.3) is 0 Å². The second-order valence-electron chi connectivity index (χ2n) is 4.58. The van der Waals surface area contributed by atoms with Crippen molar-refractivity contribution in [3.63, 3.8) is 0 Å². The molecule has 1 atom stereocenters. The van der Waals surface area contributed by atoms with Gasteiger partial charge in [-0.2, -0.15) is 0 Å². The molecule has 21 heavy (non-hydrogen) atoms. The third-order valence-corrected chi connectivity index (χ3v) is 3.51. The van der Waals surface area contributed by atoms with Crippen LogP contribution in [-0.2, 0) is 0 Å². The molecule has 0 fully saturated rings. The number of ether oxygens (including phenoxy) is 1. The number of hydrogen-bond donors (Lipinski definition) is 2. The number of nitrogens with two attached hydrogens (primary N) is 1. The molecule has 0 bridgehead atoms. The van der Waals surface area contributed by atoms with E-state index in [1.807, 2.05) is 0 Å². The predicted octanol–water partition coefficient (Wildman–Crippen LogP) is 3.49. The highest BCUT2D eigenvalue weighted by molar-refractivity contribution is 6.30. The summed E-state index contributed by atoms with van der Waals surface area (Å²) in [5.74, 6) is 4.60. The van der Waals surface area contributed by atoms with Crippen molar-refractivity contribution in [2.75, 3.05) is 7.11 Å². The monoisotopic (exact) mass is 312 g/mol. The molecule has 0 spiro atoms. The molecule has 0 saturated carbocycles. The molecule has 0 aliphatic rings. The number of hydrogen-bond acceptors (Lipinski definition) is 3. The van der Waals surface area contributed by atoms with Gasteiger partial charge in [-0.05, 0) is 36.8 Å². The van der Waals surface area contributed by atoms with Crippen molar-refractivity contribution in [2.24, 2.45) is 5.84 Å². The molecule has 0 radical (unpaired) electrons. The molecule has 0 aliphatic heterocycles. The molecule has 1 unspecified atom stereocenters. The summed E-state index contributed by atoms with van der Waals surface area (Å²) in [7, 11) is 1.46. The van der Waals surface area contributed by atoms with Gasteiger partial charge in [0.1, 0.15) is 17.4 Å². The van der Waals surface area contributed by atoms with Crippen molar-refractivity contribution in [2.45, 2.75) is 13.0 Å². The smallest absolute Gasteiger partial charge is 0.134 e. The lowest BCUT2D eigenvalue weighted by Gasteiger charge is -2.21. The molecule has 0 heterocycles. The quantitative estimate of drug-likeness (QED) is 0.671. The van der Waals surface area contributed by atoms with Crippen molar-refractivity contribution >= 4 is 11.6 Å². The van der Waals surface area contributed by atoms with E-state index in [1.165, 1.54) is 19.2 Å². The summed E-state index contributed by atoms with van der Waals surface area (Å²) in [5.41, 5.74) is 3.04. The number of rotatable bonds is 4. The third kappa shape index (κ3) is 3.00. The molecule has 6 heteroatoms. The maximum absolute atomic E-state index is 14.3. The first-order chi connectivity index (χ1) is 9.99. The first-order valence-electron chi connectivity index (χ1n) is 6.23. The summed E-state index contributed by atoms with van der Waals surface area (Å²) >= 11 is 5.96. The minimum Gasteiger partial charge on any atom is -0.496 e. The Hall–Kier alpha value is -1.69. The van der Waals surface area contributed by atoms with Crippen molar-refractivity contribution in [1.82, 2.24) is 5.43 Å². The number of nitrogens with one attached hydrogen (secondary N) is 1. The molecular weight excluding hydrogens is 298 g/mol. The molecule has 0 amide bonds. The fraction of sp³-hybridized carbons (Fsp3) is 0.200. The Morgan fingerprint density at radius 2 is 1.95 bits per heavy atom. The molecule has 0 aliphatic carbocycles. The van der Waals surface area contributed by atoms with Gasteiger partial charge < -0.3 is 4.74 Å². The summed E-state index contributed by atoms with van der Waals surface area (Å²) in [6.07, 6.45) is 0. The van der Waals surface area contributed by atoms with E-state index >= 15 is 0 Å². The van der Waals surface area contributed by atoms with Gasteiger partial charge in [0.2, 0.25) is 0 Å². The van der Waals surface area contributed by atoms with Gasteiger partial charge in [-0.3, -0.25) is 5.84 Å². The Labute approximate surface area is 126 Å². The maximum Gasteiger partial charge on any atom is 0.134 e. The zero-order valence-electron chi connectivity index (χ0n) is 11.6. The fourth-order valence-electron chi connectivity index (χ4n) is 2.20. The summed E-state index contributed by atoms with van der Waals surface area (Å²) in [6, 6.07) is 6.46. The van der Waals surface area contributed by atoms with Gasteiger partial charge >= 0.3 is 0 Å². The molecule has 0 aromatic heterocycles. The Balaban J connectivity index is 2.66. The number of hydrazine groups is 1. The van der Waals surface area contributed by atoms with Crippen molar-refractivity contribution in [1.29, 1.82) is 0 Å². The van der Waals surface area contributed by atoms with Gasteiger partial charge in [0, 0.05) is 16.1 Å². The second kappa shape index (κ2) is 6.39. The molecule has 2 aromatic rings. The average molecular weight is 313 g/mol. The number of methoxy groups -OCH3 is 1. The van der Waals surface area contributed by atoms with Crippen LogP contribution in [0.25, 0.3) is 0 Å². The lowest BCUT2D eigenvalue weighted by molar-refractivity contribution is 0.401. The minimum absolute atomic E-state index is 0.168. The molecule has 0 saturated heterocycles. The van der Waals surface area contributed by atoms with Crippen LogP contribution >= 0.6 is 11.6 Å². The maximum atomic E-state index is 14.3. The Morgan fingerprint density at radius 1 is 1.24 bits per heavy atom. The predicted molar refractivity (Wildman–Crippen MR) is 78.3 cm³/mol. The topological polar surface area (TPSA) is 47.3 Å². The zero-order valence-corrected chi connectivity index (χ0v) is 12.3. The van der Waals surface area contributed by atoms with Crippen molar-refractivity contribution in [3.05, 3.63) is 63.7 Å². The number of benzene rings is 2. The third-order valence-electron chi connectivity index (χ3n) is 3.28. The molecule has 3 N–H and O–H groups in total. The van der Waals surface area contributed by atoms with Crippen LogP contribution in [0.15, 0.2) is 30.3 Å². The summed E-state index contributed by atoms with van der Waals surface area (Å²) in [6.45, 7) is 1.56. The van der Waals surface area contributed by atoms with Crippen molar-refractivity contribution < 1.29 is 13.5 Å². The van der Waals surface area contributed by atoms with E-state index in [4.69, 9.17) is 22.2 Å². The normalized spacial score (nSPS) is 12.3. The lowest BCUT2D eigenvalue weighted by Crippen LogP contribution is -2.31. The van der Waals surface area contributed by atoms with Gasteiger partial charge in [-0.1, -0.05) is 17.7 Å². The van der Waals surface area contributed by atoms with E-state index in [1.54, 1.807) is 25.1 Å². The van der Waals surface area contributed by atoms with Crippen LogP contribution < -0.4 is 16.0 Å². The minimum atomic E-state index is -0.918. The SMILES string of the molecule is COc1ccc(Cl)cc1C(NN)c1c(F)ccc(C)c1F. The van der Waals surface area contributed by atoms with Gasteiger partial charge in [-0.25, -0.2) is 14.2 Å². The van der Waals surface area contributed by atoms with Crippen LogP contribution in [0.2, 0.25) is 5.02 Å². The van der Waals surface area contributed by atoms with Gasteiger partial charge in [0.05, 0.1) is 13.2 Å². The highest BCUT2D eigenvalue weighted by atomic mass is 35.5. The summed E-state index contributed by atoms with van der Waals surface area (Å²) in [5, 5.41) is 0.416. The van der Waals surface area contributed by atoms with E-state index in [-0.39, 0.29) is 5.56 Å². The molecule has 2 rings (SSSR count). The van der Waals surface area contributed by atoms with Gasteiger partial charge in [-0.15, -0.1) is 0 Å².